The van der Waals surface area contributed by atoms with Gasteiger partial charge in [-0.2, -0.15) is 0 Å². The Balaban J connectivity index is 1.66. The van der Waals surface area contributed by atoms with Gasteiger partial charge < -0.3 is 5.32 Å². The molecule has 1 aromatic rings. The highest BCUT2D eigenvalue weighted by molar-refractivity contribution is 9.10. The minimum Gasteiger partial charge on any atom is -0.314 e. The minimum atomic E-state index is 0.500. The first kappa shape index (κ1) is 15.5. The summed E-state index contributed by atoms with van der Waals surface area (Å²) in [4.78, 5) is 4.33. The number of hydrogen-bond acceptors (Lipinski definition) is 2. The quantitative estimate of drug-likeness (QED) is 0.840. The van der Waals surface area contributed by atoms with E-state index in [0.717, 1.165) is 22.4 Å². The first-order valence-corrected chi connectivity index (χ1v) is 9.14. The van der Waals surface area contributed by atoms with Crippen LogP contribution in [0, 0.1) is 17.3 Å². The van der Waals surface area contributed by atoms with Crippen LogP contribution in [0.4, 0.5) is 0 Å². The van der Waals surface area contributed by atoms with Gasteiger partial charge in [0.1, 0.15) is 0 Å². The summed E-state index contributed by atoms with van der Waals surface area (Å²) in [6.45, 7) is 6.08. The second kappa shape index (κ2) is 6.37. The number of nitrogens with one attached hydrogen (secondary N) is 1. The molecule has 1 aromatic heterocycles. The summed E-state index contributed by atoms with van der Waals surface area (Å²) in [6, 6.07) is 3.06. The highest BCUT2D eigenvalue weighted by atomic mass is 79.9. The van der Waals surface area contributed by atoms with Gasteiger partial charge in [0.05, 0.1) is 0 Å². The van der Waals surface area contributed by atoms with Gasteiger partial charge in [0.2, 0.25) is 0 Å². The van der Waals surface area contributed by atoms with Crippen LogP contribution in [0.15, 0.2) is 22.9 Å². The Kier molecular flexibility index (Phi) is 4.70. The minimum absolute atomic E-state index is 0.500. The molecule has 2 fully saturated rings. The lowest BCUT2D eigenvalue weighted by Gasteiger charge is -2.41. The van der Waals surface area contributed by atoms with Crippen molar-refractivity contribution in [3.8, 4) is 0 Å². The molecule has 2 nitrogen and oxygen atoms in total. The molecule has 0 amide bonds. The van der Waals surface area contributed by atoms with Gasteiger partial charge in [0, 0.05) is 22.9 Å². The van der Waals surface area contributed by atoms with E-state index in [1.165, 1.54) is 50.6 Å². The Morgan fingerprint density at radius 2 is 2.05 bits per heavy atom. The van der Waals surface area contributed by atoms with Crippen LogP contribution in [0.5, 0.6) is 0 Å². The van der Waals surface area contributed by atoms with Gasteiger partial charge in [-0.05, 0) is 89.9 Å². The van der Waals surface area contributed by atoms with E-state index in [9.17, 15) is 0 Å². The van der Waals surface area contributed by atoms with Crippen molar-refractivity contribution in [3.05, 3.63) is 28.5 Å². The molecule has 1 heterocycles. The molecule has 2 aliphatic rings. The van der Waals surface area contributed by atoms with E-state index in [1.54, 1.807) is 0 Å². The molecule has 0 aliphatic heterocycles. The van der Waals surface area contributed by atoms with E-state index in [0.29, 0.717) is 5.41 Å². The van der Waals surface area contributed by atoms with Gasteiger partial charge in [0.15, 0.2) is 0 Å². The molecule has 2 saturated carbocycles. The number of rotatable bonds is 5. The molecule has 0 bridgehead atoms. The van der Waals surface area contributed by atoms with E-state index < -0.39 is 0 Å². The monoisotopic (exact) mass is 350 g/mol. The fraction of sp³-hybridized carbons (Fsp3) is 0.722. The molecular formula is C18H27BrN2. The van der Waals surface area contributed by atoms with Crippen molar-refractivity contribution in [2.45, 2.75) is 58.4 Å². The molecule has 116 valence electrons. The number of pyridine rings is 1. The summed E-state index contributed by atoms with van der Waals surface area (Å²) in [5.41, 5.74) is 1.88. The number of halogens is 1. The largest absolute Gasteiger partial charge is 0.314 e. The summed E-state index contributed by atoms with van der Waals surface area (Å²) in [7, 11) is 0. The molecule has 21 heavy (non-hydrogen) atoms. The van der Waals surface area contributed by atoms with E-state index in [1.807, 2.05) is 12.4 Å². The molecule has 0 spiro atoms. The van der Waals surface area contributed by atoms with E-state index in [4.69, 9.17) is 0 Å². The van der Waals surface area contributed by atoms with Gasteiger partial charge in [-0.25, -0.2) is 0 Å². The third-order valence-corrected chi connectivity index (χ3v) is 5.61. The van der Waals surface area contributed by atoms with Gasteiger partial charge in [-0.3, -0.25) is 4.98 Å². The van der Waals surface area contributed by atoms with Crippen LogP contribution < -0.4 is 5.32 Å². The lowest BCUT2D eigenvalue weighted by Crippen LogP contribution is -2.37. The normalized spacial score (nSPS) is 28.5. The van der Waals surface area contributed by atoms with Crippen molar-refractivity contribution >= 4 is 15.9 Å². The Morgan fingerprint density at radius 1 is 1.24 bits per heavy atom. The van der Waals surface area contributed by atoms with Crippen molar-refractivity contribution in [3.63, 3.8) is 0 Å². The molecule has 2 aliphatic carbocycles. The predicted molar refractivity (Wildman–Crippen MR) is 91.3 cm³/mol. The molecule has 0 aromatic carbocycles. The summed E-state index contributed by atoms with van der Waals surface area (Å²) < 4.78 is 1.10. The summed E-state index contributed by atoms with van der Waals surface area (Å²) in [6.07, 6.45) is 12.0. The summed E-state index contributed by atoms with van der Waals surface area (Å²) in [5.74, 6) is 1.62. The van der Waals surface area contributed by atoms with Crippen LogP contribution in [-0.2, 0) is 6.42 Å². The predicted octanol–water partition coefficient (Wildman–Crippen LogP) is 4.58. The summed E-state index contributed by atoms with van der Waals surface area (Å²) >= 11 is 3.55. The standard InChI is InChI=1S/C18H27BrN2/c1-18(2)6-5-14(11-21-17-3-4-17)15(9-18)7-13-8-16(19)12-20-10-13/h8,10,12,14-15,17,21H,3-7,9,11H2,1-2H3. The zero-order valence-corrected chi connectivity index (χ0v) is 14.8. The average molecular weight is 351 g/mol. The SMILES string of the molecule is CC1(C)CCC(CNC2CC2)C(Cc2cncc(Br)c2)C1. The molecule has 2 atom stereocenters. The molecule has 3 rings (SSSR count). The number of nitrogens with zero attached hydrogens (tertiary/aromatic N) is 1. The highest BCUT2D eigenvalue weighted by Crippen LogP contribution is 2.43. The molecule has 0 radical (unpaired) electrons. The van der Waals surface area contributed by atoms with E-state index >= 15 is 0 Å². The van der Waals surface area contributed by atoms with Crippen molar-refractivity contribution in [2.75, 3.05) is 6.54 Å². The fourth-order valence-electron chi connectivity index (χ4n) is 3.77. The van der Waals surface area contributed by atoms with E-state index in [2.05, 4.69) is 46.1 Å². The van der Waals surface area contributed by atoms with Gasteiger partial charge in [-0.15, -0.1) is 0 Å². The maximum absolute atomic E-state index is 4.33. The van der Waals surface area contributed by atoms with Gasteiger partial charge in [0.25, 0.3) is 0 Å². The van der Waals surface area contributed by atoms with Gasteiger partial charge >= 0.3 is 0 Å². The maximum Gasteiger partial charge on any atom is 0.0410 e. The van der Waals surface area contributed by atoms with Crippen LogP contribution >= 0.6 is 15.9 Å². The summed E-state index contributed by atoms with van der Waals surface area (Å²) in [5, 5.41) is 3.76. The second-order valence-electron chi connectivity index (χ2n) is 7.83. The number of aromatic nitrogens is 1. The van der Waals surface area contributed by atoms with Crippen molar-refractivity contribution in [2.24, 2.45) is 17.3 Å². The zero-order chi connectivity index (χ0) is 14.9. The molecular weight excluding hydrogens is 324 g/mol. The highest BCUT2D eigenvalue weighted by Gasteiger charge is 2.35. The third kappa shape index (κ3) is 4.53. The fourth-order valence-corrected chi connectivity index (χ4v) is 4.19. The van der Waals surface area contributed by atoms with Crippen molar-refractivity contribution in [1.82, 2.24) is 10.3 Å². The zero-order valence-electron chi connectivity index (χ0n) is 13.2. The van der Waals surface area contributed by atoms with Crippen LogP contribution in [0.25, 0.3) is 0 Å². The first-order chi connectivity index (χ1) is 10.0. The molecule has 1 N–H and O–H groups in total. The smallest absolute Gasteiger partial charge is 0.0410 e. The molecule has 3 heteroatoms. The molecule has 2 unspecified atom stereocenters. The van der Waals surface area contributed by atoms with Crippen LogP contribution in [0.2, 0.25) is 0 Å². The lowest BCUT2D eigenvalue weighted by molar-refractivity contribution is 0.115. The maximum atomic E-state index is 4.33. The van der Waals surface area contributed by atoms with Crippen molar-refractivity contribution < 1.29 is 0 Å². The Labute approximate surface area is 137 Å². The Morgan fingerprint density at radius 3 is 2.76 bits per heavy atom. The van der Waals surface area contributed by atoms with E-state index in [-0.39, 0.29) is 0 Å². The van der Waals surface area contributed by atoms with Crippen LogP contribution in [0.1, 0.15) is 51.5 Å². The lowest BCUT2D eigenvalue weighted by atomic mass is 9.65. The Bertz CT molecular complexity index is 480. The second-order valence-corrected chi connectivity index (χ2v) is 8.74. The Hall–Kier alpha value is -0.410. The topological polar surface area (TPSA) is 24.9 Å². The van der Waals surface area contributed by atoms with Gasteiger partial charge in [-0.1, -0.05) is 13.8 Å². The third-order valence-electron chi connectivity index (χ3n) is 5.18. The molecule has 0 saturated heterocycles. The average Bonchev–Trinajstić information content (AvgIpc) is 3.21. The van der Waals surface area contributed by atoms with Crippen LogP contribution in [0.3, 0.4) is 0 Å². The number of hydrogen-bond donors (Lipinski definition) is 1. The van der Waals surface area contributed by atoms with Crippen molar-refractivity contribution in [1.29, 1.82) is 0 Å². The first-order valence-electron chi connectivity index (χ1n) is 8.35. The van der Waals surface area contributed by atoms with Crippen LogP contribution in [-0.4, -0.2) is 17.6 Å².